The Labute approximate surface area is 195 Å². The summed E-state index contributed by atoms with van der Waals surface area (Å²) in [5, 5.41) is 0.728. The first-order valence-corrected chi connectivity index (χ1v) is 12.1. The van der Waals surface area contributed by atoms with Crippen molar-refractivity contribution in [1.82, 2.24) is 0 Å². The summed E-state index contributed by atoms with van der Waals surface area (Å²) >= 11 is 6.11. The quantitative estimate of drug-likeness (QED) is 0.424. The maximum atomic E-state index is 13.3. The maximum Gasteiger partial charge on any atom is 0.161 e. The monoisotopic (exact) mass is 450 g/mol. The first kappa shape index (κ1) is 21.6. The largest absolute Gasteiger partial charge is 0.496 e. The van der Waals surface area contributed by atoms with Gasteiger partial charge in [-0.05, 0) is 111 Å². The fraction of sp³-hybridized carbons (Fsp3) is 0.464. The van der Waals surface area contributed by atoms with Crippen LogP contribution in [0.4, 0.5) is 0 Å². The van der Waals surface area contributed by atoms with E-state index in [2.05, 4.69) is 0 Å². The van der Waals surface area contributed by atoms with Gasteiger partial charge in [-0.3, -0.25) is 4.79 Å². The van der Waals surface area contributed by atoms with Gasteiger partial charge in [0.25, 0.3) is 0 Å². The number of hydrogen-bond acceptors (Lipinski definition) is 3. The van der Waals surface area contributed by atoms with Crippen molar-refractivity contribution in [2.75, 3.05) is 7.11 Å². The van der Waals surface area contributed by atoms with Crippen molar-refractivity contribution in [2.45, 2.75) is 52.1 Å². The Bertz CT molecular complexity index is 1020. The number of methoxy groups -OCH3 is 1. The molecule has 0 heterocycles. The standard InChI is InChI=1S/C28H31ClO3/c1-18-9-24(5-6-25(18)29)32-17-23-13-19(3-7-26(23)31-2)4-8-27(30)28-14-20-10-21(15-28)12-22(11-20)16-28/h3-9,13,20-22H,10-12,14-17H2,1-2H3/b8-4+. The van der Waals surface area contributed by atoms with Crippen molar-refractivity contribution in [3.05, 3.63) is 64.2 Å². The summed E-state index contributed by atoms with van der Waals surface area (Å²) in [6.07, 6.45) is 11.2. The molecule has 0 radical (unpaired) electrons. The zero-order valence-electron chi connectivity index (χ0n) is 18.9. The number of allylic oxidation sites excluding steroid dienone is 1. The number of halogens is 1. The number of carbonyl (C=O) groups excluding carboxylic acids is 1. The van der Waals surface area contributed by atoms with Crippen LogP contribution >= 0.6 is 11.6 Å². The summed E-state index contributed by atoms with van der Waals surface area (Å²) in [5.74, 6) is 4.22. The molecule has 4 aliphatic carbocycles. The molecule has 0 atom stereocenters. The average Bonchev–Trinajstić information content (AvgIpc) is 2.77. The molecule has 4 heteroatoms. The van der Waals surface area contributed by atoms with Crippen LogP contribution in [0.2, 0.25) is 5.02 Å². The first-order chi connectivity index (χ1) is 15.4. The molecule has 3 nitrogen and oxygen atoms in total. The lowest BCUT2D eigenvalue weighted by atomic mass is 9.48. The molecule has 0 unspecified atom stereocenters. The van der Waals surface area contributed by atoms with Crippen LogP contribution < -0.4 is 9.47 Å². The fourth-order valence-electron chi connectivity index (χ4n) is 6.64. The molecule has 0 spiro atoms. The van der Waals surface area contributed by atoms with E-state index in [0.29, 0.717) is 12.4 Å². The number of rotatable bonds is 7. The first-order valence-electron chi connectivity index (χ1n) is 11.7. The van der Waals surface area contributed by atoms with Gasteiger partial charge in [-0.1, -0.05) is 23.7 Å². The molecule has 0 aromatic heterocycles. The minimum Gasteiger partial charge on any atom is -0.496 e. The van der Waals surface area contributed by atoms with Gasteiger partial charge in [0.1, 0.15) is 18.1 Å². The van der Waals surface area contributed by atoms with Crippen molar-refractivity contribution >= 4 is 23.5 Å². The van der Waals surface area contributed by atoms with Gasteiger partial charge in [-0.2, -0.15) is 0 Å². The summed E-state index contributed by atoms with van der Waals surface area (Å²) in [5.41, 5.74) is 2.84. The third-order valence-corrected chi connectivity index (χ3v) is 8.24. The predicted molar refractivity (Wildman–Crippen MR) is 128 cm³/mol. The van der Waals surface area contributed by atoms with Crippen LogP contribution in [0.15, 0.2) is 42.5 Å². The molecule has 32 heavy (non-hydrogen) atoms. The second-order valence-corrected chi connectivity index (χ2v) is 10.6. The summed E-state index contributed by atoms with van der Waals surface area (Å²) < 4.78 is 11.5. The number of benzene rings is 2. The summed E-state index contributed by atoms with van der Waals surface area (Å²) in [6, 6.07) is 11.6. The van der Waals surface area contributed by atoms with E-state index in [1.165, 1.54) is 19.3 Å². The van der Waals surface area contributed by atoms with Crippen LogP contribution in [0.3, 0.4) is 0 Å². The van der Waals surface area contributed by atoms with Crippen molar-refractivity contribution in [2.24, 2.45) is 23.2 Å². The molecule has 2 aromatic carbocycles. The molecule has 4 bridgehead atoms. The minimum absolute atomic E-state index is 0.0872. The minimum atomic E-state index is -0.0872. The van der Waals surface area contributed by atoms with Gasteiger partial charge >= 0.3 is 0 Å². The highest BCUT2D eigenvalue weighted by Crippen LogP contribution is 2.60. The predicted octanol–water partition coefficient (Wildman–Crippen LogP) is 7.03. The van der Waals surface area contributed by atoms with Crippen LogP contribution in [-0.2, 0) is 11.4 Å². The molecule has 0 amide bonds. The van der Waals surface area contributed by atoms with E-state index in [0.717, 1.165) is 70.2 Å². The Hall–Kier alpha value is -2.26. The third-order valence-electron chi connectivity index (χ3n) is 7.82. The van der Waals surface area contributed by atoms with Gasteiger partial charge in [-0.25, -0.2) is 0 Å². The molecule has 4 saturated carbocycles. The number of hydrogen-bond donors (Lipinski definition) is 0. The van der Waals surface area contributed by atoms with Crippen LogP contribution in [0.1, 0.15) is 55.2 Å². The summed E-state index contributed by atoms with van der Waals surface area (Å²) in [7, 11) is 1.66. The Morgan fingerprint density at radius 1 is 1.06 bits per heavy atom. The van der Waals surface area contributed by atoms with Crippen molar-refractivity contribution < 1.29 is 14.3 Å². The van der Waals surface area contributed by atoms with Crippen molar-refractivity contribution in [3.63, 3.8) is 0 Å². The third kappa shape index (κ3) is 4.20. The smallest absolute Gasteiger partial charge is 0.161 e. The van der Waals surface area contributed by atoms with E-state index < -0.39 is 0 Å². The van der Waals surface area contributed by atoms with Crippen LogP contribution in [0.5, 0.6) is 11.5 Å². The zero-order chi connectivity index (χ0) is 22.3. The second-order valence-electron chi connectivity index (χ2n) is 10.2. The molecule has 4 aliphatic rings. The molecular weight excluding hydrogens is 420 g/mol. The van der Waals surface area contributed by atoms with Gasteiger partial charge in [0.15, 0.2) is 5.78 Å². The molecule has 0 saturated heterocycles. The van der Waals surface area contributed by atoms with Crippen LogP contribution in [-0.4, -0.2) is 12.9 Å². The molecule has 0 aliphatic heterocycles. The Kier molecular flexibility index (Phi) is 5.79. The highest BCUT2D eigenvalue weighted by atomic mass is 35.5. The number of ether oxygens (including phenoxy) is 2. The topological polar surface area (TPSA) is 35.5 Å². The lowest BCUT2D eigenvalue weighted by molar-refractivity contribution is -0.138. The molecule has 168 valence electrons. The van der Waals surface area contributed by atoms with E-state index in [4.69, 9.17) is 21.1 Å². The van der Waals surface area contributed by atoms with Gasteiger partial charge in [0, 0.05) is 16.0 Å². The van der Waals surface area contributed by atoms with E-state index >= 15 is 0 Å². The lowest BCUT2D eigenvalue weighted by Crippen LogP contribution is -2.49. The van der Waals surface area contributed by atoms with E-state index in [1.807, 2.05) is 55.5 Å². The molecular formula is C28H31ClO3. The van der Waals surface area contributed by atoms with E-state index in [9.17, 15) is 4.79 Å². The highest BCUT2D eigenvalue weighted by molar-refractivity contribution is 6.31. The van der Waals surface area contributed by atoms with E-state index in [1.54, 1.807) is 7.11 Å². The summed E-state index contributed by atoms with van der Waals surface area (Å²) in [4.78, 5) is 13.3. The van der Waals surface area contributed by atoms with Crippen molar-refractivity contribution in [1.29, 1.82) is 0 Å². The molecule has 4 fully saturated rings. The summed E-state index contributed by atoms with van der Waals surface area (Å²) in [6.45, 7) is 2.34. The maximum absolute atomic E-state index is 13.3. The SMILES string of the molecule is COc1ccc(/C=C/C(=O)C23CC4CC(CC(C4)C2)C3)cc1COc1ccc(Cl)c(C)c1. The molecule has 0 N–H and O–H groups in total. The van der Waals surface area contributed by atoms with Gasteiger partial charge in [0.05, 0.1) is 7.11 Å². The molecule has 2 aromatic rings. The molecule has 6 rings (SSSR count). The Morgan fingerprint density at radius 3 is 2.38 bits per heavy atom. The zero-order valence-corrected chi connectivity index (χ0v) is 19.7. The fourth-order valence-corrected chi connectivity index (χ4v) is 6.76. The Balaban J connectivity index is 1.30. The van der Waals surface area contributed by atoms with Crippen molar-refractivity contribution in [3.8, 4) is 11.5 Å². The lowest BCUT2D eigenvalue weighted by Gasteiger charge is -2.55. The number of carbonyl (C=O) groups is 1. The number of ketones is 1. The van der Waals surface area contributed by atoms with Crippen LogP contribution in [0, 0.1) is 30.1 Å². The normalized spacial score (nSPS) is 28.3. The second kappa shape index (κ2) is 8.59. The Morgan fingerprint density at radius 2 is 1.75 bits per heavy atom. The van der Waals surface area contributed by atoms with E-state index in [-0.39, 0.29) is 5.41 Å². The van der Waals surface area contributed by atoms with Gasteiger partial charge in [0.2, 0.25) is 0 Å². The van der Waals surface area contributed by atoms with Gasteiger partial charge in [-0.15, -0.1) is 0 Å². The average molecular weight is 451 g/mol. The van der Waals surface area contributed by atoms with Gasteiger partial charge < -0.3 is 9.47 Å². The number of aryl methyl sites for hydroxylation is 1. The highest BCUT2D eigenvalue weighted by Gasteiger charge is 2.53. The van der Waals surface area contributed by atoms with Crippen LogP contribution in [0.25, 0.3) is 6.08 Å².